The molecule has 1 radical (unpaired) electrons. The fraction of sp³-hybridized carbons (Fsp3) is 0.160. The molecule has 3 heterocycles. The number of hydrogen-bond donors (Lipinski definition) is 0. The van der Waals surface area contributed by atoms with Crippen LogP contribution in [0.4, 0.5) is 0 Å². The molecule has 0 saturated carbocycles. The quantitative estimate of drug-likeness (QED) is 0.127. The number of fused-ring (bicyclic) bond motifs is 4. The molecule has 0 saturated heterocycles. The van der Waals surface area contributed by atoms with E-state index in [0.717, 1.165) is 50.1 Å². The van der Waals surface area contributed by atoms with Crippen molar-refractivity contribution < 1.29 is 28.6 Å². The number of benzene rings is 6. The van der Waals surface area contributed by atoms with Crippen LogP contribution in [0.25, 0.3) is 72.4 Å². The molecular weight excluding hydrogens is 923 g/mol. The topological polar surface area (TPSA) is 43.9 Å². The van der Waals surface area contributed by atoms with Crippen molar-refractivity contribution in [1.29, 1.82) is 0 Å². The molecule has 0 spiro atoms. The van der Waals surface area contributed by atoms with Gasteiger partial charge in [-0.25, -0.2) is 0 Å². The summed E-state index contributed by atoms with van der Waals surface area (Å²) in [5.74, 6) is 7.92. The maximum absolute atomic E-state index is 7.79. The Bertz CT molecular complexity index is 2890. The van der Waals surface area contributed by atoms with E-state index in [1.807, 2.05) is 72.9 Å². The van der Waals surface area contributed by atoms with Gasteiger partial charge in [-0.05, 0) is 64.9 Å². The zero-order valence-corrected chi connectivity index (χ0v) is 36.9. The summed E-state index contributed by atoms with van der Waals surface area (Å²) in [4.78, 5) is 9.64. The standard InChI is InChI=1S/C36H29N2O.C14H16GeN.Ir/c1-23-14-17-27-28-21-26(16-19-33(28)39-34(27)20-23)35-37-30-12-8-9-13-32(30)38(35)31-18-15-25(22-29(31)36(2,3)4)24-10-6-5-7-11-24;1-15(2,3)13-9-10-14(16-11-13)12-7-5-4-6-8-12;/h5-15,17-22H,1-4H3;4-7,9-11H,1-3H3;/q2*-1;/i1D3;;. The van der Waals surface area contributed by atoms with E-state index in [1.165, 1.54) is 21.1 Å². The third-order valence-corrected chi connectivity index (χ3v) is 14.2. The minimum absolute atomic E-state index is 0. The first-order valence-electron chi connectivity index (χ1n) is 20.2. The molecule has 0 aliphatic carbocycles. The summed E-state index contributed by atoms with van der Waals surface area (Å²) in [6.07, 6.45) is 2.04. The van der Waals surface area contributed by atoms with Crippen molar-refractivity contribution in [2.75, 3.05) is 0 Å². The Balaban J connectivity index is 0.000000262. The summed E-state index contributed by atoms with van der Waals surface area (Å²) in [5.41, 5.74) is 10.8. The van der Waals surface area contributed by atoms with E-state index in [4.69, 9.17) is 13.5 Å². The molecule has 6 aromatic carbocycles. The molecule has 281 valence electrons. The van der Waals surface area contributed by atoms with Crippen LogP contribution in [0.3, 0.4) is 0 Å². The van der Waals surface area contributed by atoms with E-state index in [2.05, 4.69) is 120 Å². The van der Waals surface area contributed by atoms with Gasteiger partial charge in [0, 0.05) is 35.3 Å². The van der Waals surface area contributed by atoms with Gasteiger partial charge < -0.3 is 8.98 Å². The predicted molar refractivity (Wildman–Crippen MR) is 233 cm³/mol. The molecule has 0 fully saturated rings. The number of aromatic nitrogens is 3. The number of para-hydroxylation sites is 2. The number of aryl methyl sites for hydroxylation is 1. The summed E-state index contributed by atoms with van der Waals surface area (Å²) in [6, 6.07) is 53.2. The average Bonchev–Trinajstić information content (AvgIpc) is 3.79. The Labute approximate surface area is 350 Å². The first-order valence-corrected chi connectivity index (χ1v) is 26.0. The molecule has 0 N–H and O–H groups in total. The summed E-state index contributed by atoms with van der Waals surface area (Å²) in [5, 5.41) is 1.75. The second kappa shape index (κ2) is 15.8. The van der Waals surface area contributed by atoms with Crippen LogP contribution >= 0.6 is 0 Å². The van der Waals surface area contributed by atoms with Crippen molar-refractivity contribution in [3.63, 3.8) is 0 Å². The molecule has 0 bridgehead atoms. The summed E-state index contributed by atoms with van der Waals surface area (Å²) in [6.45, 7) is 4.52. The molecule has 6 heteroatoms. The molecular formula is C50H45GeIrN3O-2. The molecule has 9 rings (SSSR count). The fourth-order valence-electron chi connectivity index (χ4n) is 6.99. The number of imidazole rings is 1. The zero-order chi connectivity index (χ0) is 40.8. The zero-order valence-electron chi connectivity index (χ0n) is 35.4. The van der Waals surface area contributed by atoms with Crippen LogP contribution in [0.15, 0.2) is 150 Å². The SMILES string of the molecule is [2H]C([2H])([2H])c1ccc2c(c1)oc1c[c-]c(-c3nc4ccccc4n3-c3ccc(-c4ccccc4)cc3C(C)(C)C)cc12.[CH3][Ge]([CH3])([CH3])[c]1ccc(-c2[c-]cccc2)nc1.[Ir]. The summed E-state index contributed by atoms with van der Waals surface area (Å²) < 4.78 is 33.1. The number of pyridine rings is 1. The molecule has 56 heavy (non-hydrogen) atoms. The molecule has 0 atom stereocenters. The number of furan rings is 1. The first kappa shape index (κ1) is 35.4. The second-order valence-electron chi connectivity index (χ2n) is 16.0. The van der Waals surface area contributed by atoms with Gasteiger partial charge in [-0.15, -0.1) is 23.8 Å². The number of nitrogens with zero attached hydrogens (tertiary/aromatic N) is 3. The van der Waals surface area contributed by atoms with Crippen LogP contribution in [-0.4, -0.2) is 27.8 Å². The van der Waals surface area contributed by atoms with Crippen LogP contribution < -0.4 is 4.40 Å². The Morgan fingerprint density at radius 3 is 2.21 bits per heavy atom. The van der Waals surface area contributed by atoms with Crippen molar-refractivity contribution in [1.82, 2.24) is 14.5 Å². The van der Waals surface area contributed by atoms with Gasteiger partial charge in [0.15, 0.2) is 0 Å². The van der Waals surface area contributed by atoms with E-state index >= 15 is 0 Å². The van der Waals surface area contributed by atoms with E-state index < -0.39 is 20.1 Å². The van der Waals surface area contributed by atoms with E-state index in [9.17, 15) is 0 Å². The summed E-state index contributed by atoms with van der Waals surface area (Å²) in [7, 11) is 0. The average molecular weight is 972 g/mol. The van der Waals surface area contributed by atoms with Crippen molar-refractivity contribution in [3.8, 4) is 39.5 Å². The van der Waals surface area contributed by atoms with Gasteiger partial charge >= 0.3 is 99.8 Å². The van der Waals surface area contributed by atoms with Gasteiger partial charge in [0.1, 0.15) is 5.58 Å². The van der Waals surface area contributed by atoms with Crippen molar-refractivity contribution in [2.24, 2.45) is 0 Å². The smallest absolute Gasteiger partial charge is 0 e. The largest absolute Gasteiger partial charge is 0 e. The minimum Gasteiger partial charge on any atom is 0 e. The van der Waals surface area contributed by atoms with Crippen LogP contribution in [0, 0.1) is 19.0 Å². The Kier molecular flexibility index (Phi) is 9.99. The van der Waals surface area contributed by atoms with Crippen molar-refractivity contribution in [2.45, 2.75) is 50.3 Å². The molecule has 0 aliphatic rings. The Morgan fingerprint density at radius 2 is 1.50 bits per heavy atom. The molecule has 9 aromatic rings. The maximum Gasteiger partial charge on any atom is 0 e. The molecule has 0 aliphatic heterocycles. The Hall–Kier alpha value is -5.07. The van der Waals surface area contributed by atoms with Gasteiger partial charge in [-0.1, -0.05) is 86.8 Å². The van der Waals surface area contributed by atoms with Crippen LogP contribution in [0.1, 0.15) is 36.0 Å². The van der Waals surface area contributed by atoms with Crippen molar-refractivity contribution >= 4 is 50.6 Å². The fourth-order valence-corrected chi connectivity index (χ4v) is 9.16. The minimum atomic E-state index is -2.20. The van der Waals surface area contributed by atoms with E-state index in [0.29, 0.717) is 11.2 Å². The van der Waals surface area contributed by atoms with Crippen LogP contribution in [-0.2, 0) is 25.5 Å². The second-order valence-corrected chi connectivity index (χ2v) is 26.7. The van der Waals surface area contributed by atoms with Gasteiger partial charge in [0.2, 0.25) is 0 Å². The Morgan fingerprint density at radius 1 is 0.714 bits per heavy atom. The van der Waals surface area contributed by atoms with Gasteiger partial charge in [-0.3, -0.25) is 4.98 Å². The normalized spacial score (nSPS) is 12.7. The van der Waals surface area contributed by atoms with E-state index in [-0.39, 0.29) is 31.1 Å². The molecule has 3 aromatic heterocycles. The van der Waals surface area contributed by atoms with Crippen molar-refractivity contribution in [3.05, 3.63) is 169 Å². The summed E-state index contributed by atoms with van der Waals surface area (Å²) >= 11 is -1.72. The van der Waals surface area contributed by atoms with Gasteiger partial charge in [0.05, 0.1) is 22.4 Å². The molecule has 0 unspecified atom stereocenters. The van der Waals surface area contributed by atoms with E-state index in [1.54, 1.807) is 12.1 Å². The predicted octanol–water partition coefficient (Wildman–Crippen LogP) is 12.8. The number of hydrogen-bond acceptors (Lipinski definition) is 3. The molecule has 0 amide bonds. The van der Waals surface area contributed by atoms with Gasteiger partial charge in [-0.2, -0.15) is 0 Å². The van der Waals surface area contributed by atoms with Crippen LogP contribution in [0.2, 0.25) is 17.3 Å². The maximum atomic E-state index is 7.79. The third kappa shape index (κ3) is 7.95. The monoisotopic (exact) mass is 973 g/mol. The number of rotatable bonds is 5. The first-order chi connectivity index (χ1) is 27.6. The third-order valence-electron chi connectivity index (χ3n) is 9.97. The van der Waals surface area contributed by atoms with Crippen LogP contribution in [0.5, 0.6) is 0 Å². The van der Waals surface area contributed by atoms with Gasteiger partial charge in [0.25, 0.3) is 0 Å². The molecule has 4 nitrogen and oxygen atoms in total.